The summed E-state index contributed by atoms with van der Waals surface area (Å²) in [4.78, 5) is 24.8. The Morgan fingerprint density at radius 1 is 1.25 bits per heavy atom. The number of hydrogen-bond acceptors (Lipinski definition) is 4. The molecule has 2 aliphatic heterocycles. The Hall–Kier alpha value is -1.04. The topological polar surface area (TPSA) is 55.8 Å². The summed E-state index contributed by atoms with van der Waals surface area (Å²) < 4.78 is 10.2. The van der Waals surface area contributed by atoms with E-state index in [4.69, 9.17) is 9.47 Å². The number of esters is 1. The number of fused-ring (bicyclic) bond motifs is 2. The van der Waals surface area contributed by atoms with E-state index in [2.05, 4.69) is 15.9 Å². The highest BCUT2D eigenvalue weighted by Gasteiger charge is 2.50. The van der Waals surface area contributed by atoms with Gasteiger partial charge in [0, 0.05) is 4.48 Å². The van der Waals surface area contributed by atoms with Gasteiger partial charge in [-0.1, -0.05) is 15.9 Å². The van der Waals surface area contributed by atoms with Crippen LogP contribution in [0, 0.1) is 0 Å². The molecule has 2 atom stereocenters. The molecule has 0 aromatic rings. The predicted molar refractivity (Wildman–Crippen MR) is 59.0 cm³/mol. The van der Waals surface area contributed by atoms with Gasteiger partial charge in [0.2, 0.25) is 0 Å². The van der Waals surface area contributed by atoms with E-state index in [1.807, 2.05) is 0 Å². The van der Waals surface area contributed by atoms with Crippen molar-refractivity contribution in [1.29, 1.82) is 0 Å². The minimum absolute atomic E-state index is 0.0773. The van der Waals surface area contributed by atoms with Crippen molar-refractivity contribution in [3.8, 4) is 0 Å². The van der Waals surface area contributed by atoms with Gasteiger partial charge in [-0.3, -0.25) is 4.90 Å². The molecule has 2 aliphatic rings. The van der Waals surface area contributed by atoms with E-state index in [1.165, 1.54) is 14.2 Å². The lowest BCUT2D eigenvalue weighted by molar-refractivity contribution is -0.136. The Labute approximate surface area is 101 Å². The van der Waals surface area contributed by atoms with Crippen molar-refractivity contribution in [3.05, 3.63) is 10.1 Å². The van der Waals surface area contributed by atoms with Crippen molar-refractivity contribution >= 4 is 28.0 Å². The number of carbonyl (C=O) groups excluding carboxylic acids is 2. The minimum Gasteiger partial charge on any atom is -0.466 e. The zero-order chi connectivity index (χ0) is 11.9. The van der Waals surface area contributed by atoms with E-state index in [1.54, 1.807) is 4.90 Å². The van der Waals surface area contributed by atoms with Crippen molar-refractivity contribution in [3.63, 3.8) is 0 Å². The second kappa shape index (κ2) is 4.08. The highest BCUT2D eigenvalue weighted by molar-refractivity contribution is 9.11. The molecule has 0 aliphatic carbocycles. The first-order valence-corrected chi connectivity index (χ1v) is 5.75. The molecular weight excluding hydrogens is 278 g/mol. The molecule has 88 valence electrons. The molecule has 0 spiro atoms. The van der Waals surface area contributed by atoms with E-state index < -0.39 is 6.09 Å². The van der Waals surface area contributed by atoms with Gasteiger partial charge < -0.3 is 9.47 Å². The standard InChI is InChI=1S/C10H12BrNO4/c1-15-9(13)7-5-3-4-6(8(7)11)12(5)10(14)16-2/h5-6H,3-4H2,1-2H3/t5-,6+/m1/s1. The number of halogens is 1. The van der Waals surface area contributed by atoms with Gasteiger partial charge in [-0.25, -0.2) is 9.59 Å². The lowest BCUT2D eigenvalue weighted by Gasteiger charge is -2.21. The van der Waals surface area contributed by atoms with Crippen LogP contribution in [-0.4, -0.2) is 43.3 Å². The first-order chi connectivity index (χ1) is 7.61. The highest BCUT2D eigenvalue weighted by Crippen LogP contribution is 2.45. The number of ether oxygens (including phenoxy) is 2. The number of methoxy groups -OCH3 is 2. The van der Waals surface area contributed by atoms with Gasteiger partial charge in [0.1, 0.15) is 0 Å². The summed E-state index contributed by atoms with van der Waals surface area (Å²) in [7, 11) is 2.68. The second-order valence-electron chi connectivity index (χ2n) is 3.74. The summed E-state index contributed by atoms with van der Waals surface area (Å²) in [5.41, 5.74) is 0.546. The van der Waals surface area contributed by atoms with Crippen LogP contribution in [0.1, 0.15) is 12.8 Å². The smallest absolute Gasteiger partial charge is 0.410 e. The number of carbonyl (C=O) groups is 2. The zero-order valence-electron chi connectivity index (χ0n) is 9.03. The largest absolute Gasteiger partial charge is 0.466 e. The maximum absolute atomic E-state index is 11.6. The fourth-order valence-electron chi connectivity index (χ4n) is 2.39. The summed E-state index contributed by atoms with van der Waals surface area (Å²) in [6.07, 6.45) is 1.23. The fraction of sp³-hybridized carbons (Fsp3) is 0.600. The SMILES string of the molecule is COC(=O)C1=C(Br)[C@@H]2CC[C@H]1N2C(=O)OC. The van der Waals surface area contributed by atoms with E-state index in [0.29, 0.717) is 5.57 Å². The lowest BCUT2D eigenvalue weighted by atomic mass is 9.99. The third-order valence-electron chi connectivity index (χ3n) is 3.06. The van der Waals surface area contributed by atoms with Crippen LogP contribution >= 0.6 is 15.9 Å². The molecule has 0 unspecified atom stereocenters. The third kappa shape index (κ3) is 1.43. The quantitative estimate of drug-likeness (QED) is 0.685. The van der Waals surface area contributed by atoms with Crippen molar-refractivity contribution in [2.45, 2.75) is 24.9 Å². The maximum atomic E-state index is 11.6. The van der Waals surface area contributed by atoms with Gasteiger partial charge in [0.05, 0.1) is 31.9 Å². The summed E-state index contributed by atoms with van der Waals surface area (Å²) in [5.74, 6) is -0.382. The average Bonchev–Trinajstić information content (AvgIpc) is 2.82. The molecule has 6 heteroatoms. The van der Waals surface area contributed by atoms with Crippen LogP contribution in [0.3, 0.4) is 0 Å². The number of hydrogen-bond donors (Lipinski definition) is 0. The van der Waals surface area contributed by atoms with E-state index in [9.17, 15) is 9.59 Å². The van der Waals surface area contributed by atoms with Crippen molar-refractivity contribution in [2.24, 2.45) is 0 Å². The Balaban J connectivity index is 2.31. The molecule has 0 saturated carbocycles. The van der Waals surface area contributed by atoms with Crippen LogP contribution in [0.25, 0.3) is 0 Å². The summed E-state index contributed by atoms with van der Waals surface area (Å²) in [5, 5.41) is 0. The molecule has 2 heterocycles. The molecular formula is C10H12BrNO4. The van der Waals surface area contributed by atoms with Crippen molar-refractivity contribution < 1.29 is 19.1 Å². The Morgan fingerprint density at radius 2 is 1.88 bits per heavy atom. The monoisotopic (exact) mass is 289 g/mol. The van der Waals surface area contributed by atoms with E-state index >= 15 is 0 Å². The molecule has 1 amide bonds. The maximum Gasteiger partial charge on any atom is 0.410 e. The van der Waals surface area contributed by atoms with Gasteiger partial charge >= 0.3 is 12.1 Å². The summed E-state index contributed by atoms with van der Waals surface area (Å²) in [6, 6.07) is -0.286. The average molecular weight is 290 g/mol. The van der Waals surface area contributed by atoms with Gasteiger partial charge in [0.25, 0.3) is 0 Å². The van der Waals surface area contributed by atoms with Gasteiger partial charge in [-0.2, -0.15) is 0 Å². The minimum atomic E-state index is -0.400. The number of amides is 1. The third-order valence-corrected chi connectivity index (χ3v) is 4.01. The number of rotatable bonds is 1. The Morgan fingerprint density at radius 3 is 2.44 bits per heavy atom. The van der Waals surface area contributed by atoms with Crippen molar-refractivity contribution in [1.82, 2.24) is 4.90 Å². The van der Waals surface area contributed by atoms with E-state index in [0.717, 1.165) is 17.3 Å². The molecule has 0 aromatic carbocycles. The Kier molecular flexibility index (Phi) is 2.92. The van der Waals surface area contributed by atoms with Crippen LogP contribution < -0.4 is 0 Å². The molecule has 1 saturated heterocycles. The fourth-order valence-corrected chi connectivity index (χ4v) is 3.26. The van der Waals surface area contributed by atoms with E-state index in [-0.39, 0.29) is 18.1 Å². The molecule has 16 heavy (non-hydrogen) atoms. The lowest BCUT2D eigenvalue weighted by Crippen LogP contribution is -2.37. The molecule has 2 rings (SSSR count). The molecule has 0 aromatic heterocycles. The second-order valence-corrected chi connectivity index (χ2v) is 4.59. The first kappa shape index (κ1) is 11.4. The molecule has 5 nitrogen and oxygen atoms in total. The van der Waals surface area contributed by atoms with Crippen LogP contribution in [0.2, 0.25) is 0 Å². The first-order valence-electron chi connectivity index (χ1n) is 4.96. The summed E-state index contributed by atoms with van der Waals surface area (Å²) >= 11 is 3.37. The molecule has 1 fully saturated rings. The van der Waals surface area contributed by atoms with Crippen LogP contribution in [0.15, 0.2) is 10.1 Å². The highest BCUT2D eigenvalue weighted by atomic mass is 79.9. The zero-order valence-corrected chi connectivity index (χ0v) is 10.6. The van der Waals surface area contributed by atoms with Crippen LogP contribution in [-0.2, 0) is 14.3 Å². The van der Waals surface area contributed by atoms with Crippen molar-refractivity contribution in [2.75, 3.05) is 14.2 Å². The number of nitrogens with zero attached hydrogens (tertiary/aromatic N) is 1. The summed E-state index contributed by atoms with van der Waals surface area (Å²) in [6.45, 7) is 0. The van der Waals surface area contributed by atoms with Gasteiger partial charge in [0.15, 0.2) is 0 Å². The predicted octanol–water partition coefficient (Wildman–Crippen LogP) is 1.42. The molecule has 0 N–H and O–H groups in total. The van der Waals surface area contributed by atoms with Gasteiger partial charge in [-0.05, 0) is 12.8 Å². The van der Waals surface area contributed by atoms with Gasteiger partial charge in [-0.15, -0.1) is 0 Å². The van der Waals surface area contributed by atoms with Crippen LogP contribution in [0.4, 0.5) is 4.79 Å². The normalized spacial score (nSPS) is 27.3. The van der Waals surface area contributed by atoms with Crippen LogP contribution in [0.5, 0.6) is 0 Å². The Bertz CT molecular complexity index is 379. The molecule has 2 bridgehead atoms. The molecule has 0 radical (unpaired) electrons.